The summed E-state index contributed by atoms with van der Waals surface area (Å²) in [5, 5.41) is 11.7. The van der Waals surface area contributed by atoms with E-state index in [0.717, 1.165) is 5.56 Å². The molecule has 9 nitrogen and oxygen atoms in total. The highest BCUT2D eigenvalue weighted by Crippen LogP contribution is 2.32. The summed E-state index contributed by atoms with van der Waals surface area (Å²) in [4.78, 5) is 18.0. The summed E-state index contributed by atoms with van der Waals surface area (Å²) in [6, 6.07) is 8.96. The third kappa shape index (κ3) is 5.08. The lowest BCUT2D eigenvalue weighted by molar-refractivity contribution is -0.384. The summed E-state index contributed by atoms with van der Waals surface area (Å²) < 4.78 is 5.65. The zero-order valence-corrected chi connectivity index (χ0v) is 13.9. The maximum atomic E-state index is 11.1. The van der Waals surface area contributed by atoms with Crippen molar-refractivity contribution in [1.29, 1.82) is 0 Å². The zero-order chi connectivity index (χ0) is 18.6. The molecule has 0 radical (unpaired) electrons. The Morgan fingerprint density at radius 1 is 1.16 bits per heavy atom. The van der Waals surface area contributed by atoms with Crippen LogP contribution < -0.4 is 21.9 Å². The average Bonchev–Trinajstić information content (AvgIpc) is 2.49. The molecule has 0 amide bonds. The van der Waals surface area contributed by atoms with Crippen molar-refractivity contribution in [3.8, 4) is 11.5 Å². The molecule has 0 saturated heterocycles. The van der Waals surface area contributed by atoms with Gasteiger partial charge in [0.1, 0.15) is 11.5 Å². The molecule has 0 saturated carbocycles. The summed E-state index contributed by atoms with van der Waals surface area (Å²) in [6.07, 6.45) is 0. The smallest absolute Gasteiger partial charge is 0.275 e. The quantitative estimate of drug-likeness (QED) is 0.328. The normalized spacial score (nSPS) is 11.0. The van der Waals surface area contributed by atoms with Crippen LogP contribution >= 0.6 is 11.6 Å². The van der Waals surface area contributed by atoms with Gasteiger partial charge in [0.2, 0.25) is 5.96 Å². The van der Waals surface area contributed by atoms with Gasteiger partial charge >= 0.3 is 0 Å². The third-order valence-electron chi connectivity index (χ3n) is 2.94. The lowest BCUT2D eigenvalue weighted by Gasteiger charge is -2.08. The van der Waals surface area contributed by atoms with Gasteiger partial charge in [-0.25, -0.2) is 4.99 Å². The van der Waals surface area contributed by atoms with Crippen LogP contribution in [0.25, 0.3) is 0 Å². The molecule has 0 aliphatic rings. The van der Waals surface area contributed by atoms with Gasteiger partial charge in [-0.3, -0.25) is 10.1 Å². The van der Waals surface area contributed by atoms with Crippen LogP contribution in [0, 0.1) is 17.0 Å². The second kappa shape index (κ2) is 7.49. The van der Waals surface area contributed by atoms with Gasteiger partial charge < -0.3 is 21.9 Å². The third-order valence-corrected chi connectivity index (χ3v) is 3.36. The van der Waals surface area contributed by atoms with Gasteiger partial charge in [-0.1, -0.05) is 11.6 Å². The molecule has 0 heterocycles. The van der Waals surface area contributed by atoms with E-state index in [4.69, 9.17) is 33.5 Å². The standard InChI is InChI=1S/C15H15ClN6O3/c1-8-4-11(2-3-13(8)16)25-12-6-9(5-10(7-12)22(23)24)20-15(19)21-14(17)18/h2-7H,1H3,(H6,17,18,19,20,21). The van der Waals surface area contributed by atoms with E-state index in [1.165, 1.54) is 18.2 Å². The van der Waals surface area contributed by atoms with E-state index in [1.54, 1.807) is 18.2 Å². The molecule has 2 aromatic carbocycles. The number of rotatable bonds is 4. The summed E-state index contributed by atoms with van der Waals surface area (Å²) in [6.45, 7) is 1.81. The van der Waals surface area contributed by atoms with Crippen molar-refractivity contribution in [3.05, 3.63) is 57.1 Å². The molecule has 0 aromatic heterocycles. The number of non-ortho nitro benzene ring substituents is 1. The van der Waals surface area contributed by atoms with Gasteiger partial charge in [-0.05, 0) is 30.7 Å². The van der Waals surface area contributed by atoms with Gasteiger partial charge in [0.15, 0.2) is 5.96 Å². The lowest BCUT2D eigenvalue weighted by Crippen LogP contribution is -2.26. The van der Waals surface area contributed by atoms with Crippen molar-refractivity contribution in [1.82, 2.24) is 0 Å². The largest absolute Gasteiger partial charge is 0.457 e. The molecule has 0 bridgehead atoms. The molecule has 25 heavy (non-hydrogen) atoms. The van der Waals surface area contributed by atoms with E-state index in [1.807, 2.05) is 6.92 Å². The van der Waals surface area contributed by atoms with E-state index in [-0.39, 0.29) is 29.0 Å². The highest BCUT2D eigenvalue weighted by Gasteiger charge is 2.12. The molecule has 0 fully saturated rings. The van der Waals surface area contributed by atoms with Crippen LogP contribution in [0.2, 0.25) is 5.02 Å². The fourth-order valence-corrected chi connectivity index (χ4v) is 2.02. The first-order chi connectivity index (χ1) is 11.7. The Kier molecular flexibility index (Phi) is 5.40. The number of ether oxygens (including phenoxy) is 1. The van der Waals surface area contributed by atoms with Crippen LogP contribution in [-0.2, 0) is 0 Å². The minimum atomic E-state index is -0.574. The van der Waals surface area contributed by atoms with Crippen LogP contribution in [0.3, 0.4) is 0 Å². The zero-order valence-electron chi connectivity index (χ0n) is 13.1. The minimum Gasteiger partial charge on any atom is -0.457 e. The average molecular weight is 363 g/mol. The van der Waals surface area contributed by atoms with Gasteiger partial charge in [-0.2, -0.15) is 4.99 Å². The van der Waals surface area contributed by atoms with Crippen LogP contribution in [0.5, 0.6) is 11.5 Å². The van der Waals surface area contributed by atoms with Gasteiger partial charge in [0, 0.05) is 17.2 Å². The summed E-state index contributed by atoms with van der Waals surface area (Å²) in [5.41, 5.74) is 16.7. The first-order valence-corrected chi connectivity index (χ1v) is 7.29. The lowest BCUT2D eigenvalue weighted by atomic mass is 10.2. The molecule has 6 N–H and O–H groups in total. The fourth-order valence-electron chi connectivity index (χ4n) is 1.90. The number of nitrogens with two attached hydrogens (primary N) is 3. The van der Waals surface area contributed by atoms with Crippen LogP contribution in [0.15, 0.2) is 46.4 Å². The van der Waals surface area contributed by atoms with Crippen molar-refractivity contribution in [2.24, 2.45) is 27.2 Å². The molecule has 130 valence electrons. The molecule has 0 aliphatic carbocycles. The highest BCUT2D eigenvalue weighted by atomic mass is 35.5. The van der Waals surface area contributed by atoms with Crippen LogP contribution in [0.1, 0.15) is 5.56 Å². The molecule has 2 rings (SSSR count). The Hall–Kier alpha value is -3.33. The number of nitro groups is 1. The number of nitro benzene ring substituents is 1. The Morgan fingerprint density at radius 3 is 2.48 bits per heavy atom. The summed E-state index contributed by atoms with van der Waals surface area (Å²) >= 11 is 5.97. The van der Waals surface area contributed by atoms with E-state index >= 15 is 0 Å². The van der Waals surface area contributed by atoms with Crippen molar-refractivity contribution >= 4 is 34.9 Å². The van der Waals surface area contributed by atoms with E-state index in [0.29, 0.717) is 10.8 Å². The number of hydrogen-bond acceptors (Lipinski definition) is 4. The molecular weight excluding hydrogens is 348 g/mol. The molecule has 10 heteroatoms. The summed E-state index contributed by atoms with van der Waals surface area (Å²) in [5.74, 6) is 0.148. The molecular formula is C15H15ClN6O3. The number of nitrogens with zero attached hydrogens (tertiary/aromatic N) is 3. The number of guanidine groups is 2. The Morgan fingerprint density at radius 2 is 1.88 bits per heavy atom. The van der Waals surface area contributed by atoms with Crippen LogP contribution in [-0.4, -0.2) is 16.8 Å². The van der Waals surface area contributed by atoms with Gasteiger partial charge in [0.25, 0.3) is 5.69 Å². The van der Waals surface area contributed by atoms with Gasteiger partial charge in [0.05, 0.1) is 16.7 Å². The van der Waals surface area contributed by atoms with Crippen molar-refractivity contribution < 1.29 is 9.66 Å². The first-order valence-electron chi connectivity index (χ1n) is 6.92. The Balaban J connectivity index is 2.42. The maximum Gasteiger partial charge on any atom is 0.275 e. The van der Waals surface area contributed by atoms with Crippen molar-refractivity contribution in [3.63, 3.8) is 0 Å². The number of aliphatic imine (C=N–C) groups is 2. The van der Waals surface area contributed by atoms with E-state index in [9.17, 15) is 10.1 Å². The molecule has 2 aromatic rings. The van der Waals surface area contributed by atoms with E-state index < -0.39 is 4.92 Å². The Labute approximate surface area is 147 Å². The predicted octanol–water partition coefficient (Wildman–Crippen LogP) is 2.57. The predicted molar refractivity (Wildman–Crippen MR) is 96.5 cm³/mol. The number of aryl methyl sites for hydroxylation is 1. The monoisotopic (exact) mass is 362 g/mol. The molecule has 0 spiro atoms. The van der Waals surface area contributed by atoms with Crippen LogP contribution in [0.4, 0.5) is 11.4 Å². The fraction of sp³-hybridized carbons (Fsp3) is 0.0667. The SMILES string of the molecule is Cc1cc(Oc2cc(N=C(N)N=C(N)N)cc([N+](=O)[O-])c2)ccc1Cl. The summed E-state index contributed by atoms with van der Waals surface area (Å²) in [7, 11) is 0. The number of hydrogen-bond donors (Lipinski definition) is 3. The van der Waals surface area contributed by atoms with E-state index in [2.05, 4.69) is 9.98 Å². The maximum absolute atomic E-state index is 11.1. The Bertz CT molecular complexity index is 878. The first kappa shape index (κ1) is 18.0. The highest BCUT2D eigenvalue weighted by molar-refractivity contribution is 6.31. The number of benzene rings is 2. The second-order valence-electron chi connectivity index (χ2n) is 4.96. The van der Waals surface area contributed by atoms with Crippen molar-refractivity contribution in [2.75, 3.05) is 0 Å². The van der Waals surface area contributed by atoms with Gasteiger partial charge in [-0.15, -0.1) is 0 Å². The minimum absolute atomic E-state index is 0.164. The second-order valence-corrected chi connectivity index (χ2v) is 5.37. The molecule has 0 unspecified atom stereocenters. The number of halogens is 1. The molecule has 0 atom stereocenters. The topological polar surface area (TPSA) is 155 Å². The molecule has 0 aliphatic heterocycles. The van der Waals surface area contributed by atoms with Crippen molar-refractivity contribution in [2.45, 2.75) is 6.92 Å².